The van der Waals surface area contributed by atoms with Gasteiger partial charge in [0.25, 0.3) is 0 Å². The Morgan fingerprint density at radius 2 is 1.10 bits per heavy atom. The smallest absolute Gasteiger partial charge is 0.670 e. The lowest BCUT2D eigenvalue weighted by molar-refractivity contribution is -0.438. The van der Waals surface area contributed by atoms with Crippen LogP contribution in [0.2, 0.25) is 0 Å². The molecule has 0 aromatic carbocycles. The zero-order chi connectivity index (χ0) is 20.9. The van der Waals surface area contributed by atoms with Crippen LogP contribution in [0.4, 0.5) is 0 Å². The van der Waals surface area contributed by atoms with E-state index < -0.39 is 47.8 Å². The van der Waals surface area contributed by atoms with Gasteiger partial charge in [0.2, 0.25) is 0 Å². The molecular weight excluding hydrogens is 406 g/mol. The Bertz CT molecular complexity index is 505. The molecule has 0 radical (unpaired) electrons. The number of carbonyl (C=O) groups is 5. The summed E-state index contributed by atoms with van der Waals surface area (Å²) in [6, 6.07) is -3.03. The maximum atomic E-state index is 10.4. The van der Waals surface area contributed by atoms with E-state index in [2.05, 4.69) is 11.5 Å². The molecule has 0 aliphatic heterocycles. The van der Waals surface area contributed by atoms with Crippen LogP contribution < -0.4 is 31.9 Å². The fraction of sp³-hybridized carbons (Fsp3) is 0.706. The van der Waals surface area contributed by atoms with Crippen molar-refractivity contribution in [3.8, 4) is 0 Å². The van der Waals surface area contributed by atoms with Crippen molar-refractivity contribution in [2.24, 2.45) is 0 Å². The molecule has 0 amide bonds. The second kappa shape index (κ2) is 22.7. The van der Waals surface area contributed by atoms with Gasteiger partial charge in [-0.05, 0) is 12.8 Å². The molecule has 1 unspecified atom stereocenters. The van der Waals surface area contributed by atoms with Crippen LogP contribution in [-0.2, 0) is 24.0 Å². The molecule has 0 rings (SSSR count). The molecule has 182 valence electrons. The van der Waals surface area contributed by atoms with Crippen LogP contribution >= 0.6 is 0 Å². The summed E-state index contributed by atoms with van der Waals surface area (Å²) in [6.45, 7) is 0. The van der Waals surface area contributed by atoms with Crippen molar-refractivity contribution in [1.82, 2.24) is 0 Å². The highest BCUT2D eigenvalue weighted by Gasteiger charge is 2.09. The summed E-state index contributed by atoms with van der Waals surface area (Å²) in [6.07, 6.45) is 0.703. The Morgan fingerprint density at radius 1 is 0.733 bits per heavy atom. The first-order valence-electron chi connectivity index (χ1n) is 7.64. The molecule has 13 heteroatoms. The van der Waals surface area contributed by atoms with Crippen molar-refractivity contribution in [2.75, 3.05) is 0 Å². The Labute approximate surface area is 179 Å². The van der Waals surface area contributed by atoms with Gasteiger partial charge in [-0.3, -0.25) is 4.79 Å². The molecule has 0 heterocycles. The first-order valence-corrected chi connectivity index (χ1v) is 7.64. The molecule has 0 aromatic rings. The third kappa shape index (κ3) is 23.4. The number of hydrogen-bond acceptors (Lipinski definition) is 9. The van der Waals surface area contributed by atoms with E-state index in [0.29, 0.717) is 6.42 Å². The predicted octanol–water partition coefficient (Wildman–Crippen LogP) is -6.17. The Morgan fingerprint density at radius 3 is 1.40 bits per heavy atom. The van der Waals surface area contributed by atoms with Crippen LogP contribution in [0.1, 0.15) is 63.7 Å². The maximum Gasteiger partial charge on any atom is 1.00 e. The maximum absolute atomic E-state index is 10.4. The van der Waals surface area contributed by atoms with Gasteiger partial charge in [0.15, 0.2) is 5.78 Å². The number of ketones is 1. The summed E-state index contributed by atoms with van der Waals surface area (Å²) in [5, 5.41) is 40.3. The van der Waals surface area contributed by atoms with Crippen molar-refractivity contribution in [3.63, 3.8) is 0 Å². The number of quaternary nitrogens is 2. The van der Waals surface area contributed by atoms with Crippen LogP contribution in [0, 0.1) is 0 Å². The molecule has 0 spiro atoms. The molecule has 3 atom stereocenters. The van der Waals surface area contributed by atoms with E-state index in [0.717, 1.165) is 0 Å². The zero-order valence-electron chi connectivity index (χ0n) is 16.6. The van der Waals surface area contributed by atoms with Gasteiger partial charge < -0.3 is 62.3 Å². The minimum atomic E-state index is -1.74. The third-order valence-corrected chi connectivity index (χ3v) is 3.18. The molecular formula is C17H38N3O10-. The number of carboxylic acids is 4. The molecule has 0 saturated heterocycles. The number of rotatable bonds is 12. The van der Waals surface area contributed by atoms with Crippen molar-refractivity contribution in [1.29, 1.82) is 0 Å². The minimum absolute atomic E-state index is 0. The van der Waals surface area contributed by atoms with Crippen LogP contribution in [0.3, 0.4) is 0 Å². The van der Waals surface area contributed by atoms with Crippen LogP contribution in [-0.4, -0.2) is 53.3 Å². The highest BCUT2D eigenvalue weighted by Crippen LogP contribution is 2.03. The SMILES string of the molecule is C.C.C.O.[H+].[H+].[NH-][C@H](CCC[C@H]([NH3+])C(=O)[O-])C(=O)[O-].[NH3+]C(CCCC(=O)C(=O)[O-])C(=O)[O-]. The fourth-order valence-corrected chi connectivity index (χ4v) is 1.53. The molecule has 0 fully saturated rings. The second-order valence-corrected chi connectivity index (χ2v) is 5.44. The van der Waals surface area contributed by atoms with Gasteiger partial charge in [0.1, 0.15) is 18.1 Å². The summed E-state index contributed by atoms with van der Waals surface area (Å²) in [5.41, 5.74) is 13.5. The van der Waals surface area contributed by atoms with Crippen molar-refractivity contribution in [3.05, 3.63) is 5.73 Å². The van der Waals surface area contributed by atoms with Gasteiger partial charge in [-0.25, -0.2) is 0 Å². The van der Waals surface area contributed by atoms with Gasteiger partial charge in [0, 0.05) is 25.2 Å². The summed E-state index contributed by atoms with van der Waals surface area (Å²) >= 11 is 0. The van der Waals surface area contributed by atoms with Gasteiger partial charge in [-0.2, -0.15) is 0 Å². The van der Waals surface area contributed by atoms with Crippen LogP contribution in [0.5, 0.6) is 0 Å². The topological polar surface area (TPSA) is 288 Å². The fourth-order valence-electron chi connectivity index (χ4n) is 1.53. The van der Waals surface area contributed by atoms with E-state index >= 15 is 0 Å². The molecule has 0 aliphatic rings. The monoisotopic (exact) mass is 444 g/mol. The number of aliphatic carboxylic acids is 4. The van der Waals surface area contributed by atoms with E-state index in [-0.39, 0.29) is 62.7 Å². The zero-order valence-corrected chi connectivity index (χ0v) is 14.6. The third-order valence-electron chi connectivity index (χ3n) is 3.18. The summed E-state index contributed by atoms with van der Waals surface area (Å²) in [5.74, 6) is -6.76. The summed E-state index contributed by atoms with van der Waals surface area (Å²) in [7, 11) is 0. The number of nitrogens with one attached hydrogen (secondary N) is 1. The molecule has 13 nitrogen and oxygen atoms in total. The first kappa shape index (κ1) is 41.7. The van der Waals surface area contributed by atoms with Crippen molar-refractivity contribution < 1.29 is 64.2 Å². The lowest BCUT2D eigenvalue weighted by Gasteiger charge is -2.21. The number of hydrogen-bond donors (Lipinski definition) is 2. The van der Waals surface area contributed by atoms with E-state index in [9.17, 15) is 44.4 Å². The highest BCUT2D eigenvalue weighted by molar-refractivity contribution is 6.31. The standard InChI is InChI=1S/C7H13N2O4.C7H11NO5.3CH4.H2O/c2*8-4(6(10)11)2-1-3-5(9)7(12)13;;;;/h4-5,8H,1-3,9H2,(H,10,11)(H,12,13);4H,1-3,8H2,(H,10,11)(H,12,13);3*1H4;1H2/q-1;;;;;/t4-,5+;;;;;/m1...../s1. The molecule has 0 aromatic heterocycles. The number of carboxylic acid groups (broad SMARTS) is 4. The molecule has 9 N–H and O–H groups in total. The molecule has 0 aliphatic carbocycles. The predicted molar refractivity (Wildman–Crippen MR) is 100 cm³/mol. The Balaban J connectivity index is -0.0000000505. The second-order valence-electron chi connectivity index (χ2n) is 5.44. The normalized spacial score (nSPS) is 11.7. The van der Waals surface area contributed by atoms with E-state index in [1.807, 2.05) is 0 Å². The molecule has 30 heavy (non-hydrogen) atoms. The highest BCUT2D eigenvalue weighted by atomic mass is 16.4. The Kier molecular flexibility index (Phi) is 31.5. The summed E-state index contributed by atoms with van der Waals surface area (Å²) < 4.78 is 0. The first-order chi connectivity index (χ1) is 11.9. The van der Waals surface area contributed by atoms with E-state index in [1.165, 1.54) is 0 Å². The van der Waals surface area contributed by atoms with Crippen LogP contribution in [0.25, 0.3) is 5.73 Å². The average molecular weight is 445 g/mol. The lowest BCUT2D eigenvalue weighted by atomic mass is 10.1. The largest absolute Gasteiger partial charge is 1.00 e. The van der Waals surface area contributed by atoms with Crippen LogP contribution in [0.15, 0.2) is 0 Å². The van der Waals surface area contributed by atoms with Crippen molar-refractivity contribution >= 4 is 29.7 Å². The van der Waals surface area contributed by atoms with Gasteiger partial charge >= 0.3 is 2.85 Å². The quantitative estimate of drug-likeness (QED) is 0.270. The van der Waals surface area contributed by atoms with Crippen molar-refractivity contribution in [2.45, 2.75) is 78.9 Å². The molecule has 0 bridgehead atoms. The number of carbonyl (C=O) groups excluding carboxylic acids is 5. The molecule has 0 saturated carbocycles. The van der Waals surface area contributed by atoms with Gasteiger partial charge in [0.05, 0.1) is 11.9 Å². The summed E-state index contributed by atoms with van der Waals surface area (Å²) in [4.78, 5) is 50.7. The van der Waals surface area contributed by atoms with Gasteiger partial charge in [-0.15, -0.1) is 0 Å². The lowest BCUT2D eigenvalue weighted by Crippen LogP contribution is -2.68. The van der Waals surface area contributed by atoms with E-state index in [4.69, 9.17) is 5.73 Å². The van der Waals surface area contributed by atoms with Gasteiger partial charge in [-0.1, -0.05) is 34.7 Å². The van der Waals surface area contributed by atoms with E-state index in [1.54, 1.807) is 0 Å². The average Bonchev–Trinajstić information content (AvgIpc) is 2.54. The Hall–Kier alpha value is -2.61. The minimum Gasteiger partial charge on any atom is -0.670 e. The number of Topliss-reactive ketones (excluding diaryl/α,β-unsaturated/α-hetero) is 1.